The van der Waals surface area contributed by atoms with Crippen molar-refractivity contribution in [3.63, 3.8) is 0 Å². The van der Waals surface area contributed by atoms with Crippen molar-refractivity contribution in [2.24, 2.45) is 12.8 Å². The number of hydrogen-bond acceptors (Lipinski definition) is 5. The molecule has 2 heterocycles. The molecule has 0 fully saturated rings. The van der Waals surface area contributed by atoms with Crippen molar-refractivity contribution in [1.82, 2.24) is 15.1 Å². The Kier molecular flexibility index (Phi) is 6.26. The van der Waals surface area contributed by atoms with Crippen LogP contribution in [0.4, 0.5) is 22.0 Å². The summed E-state index contributed by atoms with van der Waals surface area (Å²) in [5, 5.41) is 18.7. The van der Waals surface area contributed by atoms with Crippen LogP contribution in [0.3, 0.4) is 0 Å². The molecule has 8 nitrogen and oxygen atoms in total. The smallest absolute Gasteiger partial charge is 0.366 e. The number of carbonyl (C=O) groups is 3. The Hall–Kier alpha value is -4.62. The summed E-state index contributed by atoms with van der Waals surface area (Å²) in [6.07, 6.45) is -3.19. The van der Waals surface area contributed by atoms with Gasteiger partial charge in [0.1, 0.15) is 17.2 Å². The van der Waals surface area contributed by atoms with E-state index in [9.17, 15) is 37.1 Å². The van der Waals surface area contributed by atoms with Crippen LogP contribution < -0.4 is 11.1 Å². The van der Waals surface area contributed by atoms with Crippen LogP contribution in [0.5, 0.6) is 0 Å². The zero-order chi connectivity index (χ0) is 31.2. The molecule has 2 amide bonds. The van der Waals surface area contributed by atoms with E-state index in [-0.39, 0.29) is 45.3 Å². The number of rotatable bonds is 4. The summed E-state index contributed by atoms with van der Waals surface area (Å²) in [4.78, 5) is 38.1. The topological polar surface area (TPSA) is 127 Å². The second kappa shape index (κ2) is 9.44. The number of alkyl halides is 3. The van der Waals surface area contributed by atoms with Crippen LogP contribution >= 0.6 is 11.6 Å². The second-order valence-electron chi connectivity index (χ2n) is 10.2. The fourth-order valence-corrected chi connectivity index (χ4v) is 6.05. The maximum atomic E-state index is 15.9. The number of aliphatic hydroxyl groups is 1. The predicted molar refractivity (Wildman–Crippen MR) is 144 cm³/mol. The third-order valence-corrected chi connectivity index (χ3v) is 7.89. The van der Waals surface area contributed by atoms with Crippen molar-refractivity contribution in [3.05, 3.63) is 92.6 Å². The van der Waals surface area contributed by atoms with E-state index in [0.717, 1.165) is 18.2 Å². The summed E-state index contributed by atoms with van der Waals surface area (Å²) in [6, 6.07) is 4.65. The van der Waals surface area contributed by atoms with Crippen LogP contribution in [0, 0.1) is 11.6 Å². The largest absolute Gasteiger partial charge is 0.416 e. The maximum Gasteiger partial charge on any atom is 0.416 e. The van der Waals surface area contributed by atoms with Crippen molar-refractivity contribution in [2.45, 2.75) is 24.7 Å². The molecule has 1 aliphatic heterocycles. The van der Waals surface area contributed by atoms with Gasteiger partial charge in [-0.15, -0.1) is 0 Å². The van der Waals surface area contributed by atoms with Gasteiger partial charge in [-0.3, -0.25) is 19.1 Å². The molecule has 220 valence electrons. The van der Waals surface area contributed by atoms with Crippen molar-refractivity contribution in [3.8, 4) is 11.1 Å². The van der Waals surface area contributed by atoms with E-state index in [1.165, 1.54) is 23.9 Å². The van der Waals surface area contributed by atoms with Gasteiger partial charge in [0.05, 0.1) is 22.4 Å². The van der Waals surface area contributed by atoms with Crippen LogP contribution in [-0.4, -0.2) is 32.5 Å². The van der Waals surface area contributed by atoms with Crippen LogP contribution in [0.25, 0.3) is 27.6 Å². The van der Waals surface area contributed by atoms with Gasteiger partial charge < -0.3 is 16.2 Å². The third-order valence-electron chi connectivity index (χ3n) is 7.56. The van der Waals surface area contributed by atoms with Gasteiger partial charge in [-0.05, 0) is 60.0 Å². The normalized spacial score (nSPS) is 18.3. The summed E-state index contributed by atoms with van der Waals surface area (Å²) in [7, 11) is 1.51. The lowest BCUT2D eigenvalue weighted by atomic mass is 9.83. The summed E-state index contributed by atoms with van der Waals surface area (Å²) >= 11 is 6.30. The molecular weight excluding hydrogens is 599 g/mol. The Morgan fingerprint density at radius 1 is 1.12 bits per heavy atom. The number of fused-ring (bicyclic) bond motifs is 3. The first-order valence-electron chi connectivity index (χ1n) is 12.6. The summed E-state index contributed by atoms with van der Waals surface area (Å²) in [6.45, 7) is 0. The Morgan fingerprint density at radius 3 is 2.47 bits per heavy atom. The second-order valence-corrected chi connectivity index (χ2v) is 10.6. The lowest BCUT2D eigenvalue weighted by molar-refractivity contribution is -0.137. The number of amides is 2. The molecule has 4 aromatic rings. The Labute approximate surface area is 243 Å². The minimum absolute atomic E-state index is 0.0228. The minimum Gasteiger partial charge on any atom is -0.366 e. The Morgan fingerprint density at radius 2 is 1.84 bits per heavy atom. The molecule has 6 rings (SSSR count). The number of ketones is 1. The lowest BCUT2D eigenvalue weighted by Crippen LogP contribution is -2.41. The lowest BCUT2D eigenvalue weighted by Gasteiger charge is -2.28. The highest BCUT2D eigenvalue weighted by Crippen LogP contribution is 2.49. The van der Waals surface area contributed by atoms with Gasteiger partial charge in [-0.2, -0.15) is 18.3 Å². The summed E-state index contributed by atoms with van der Waals surface area (Å²) in [5.74, 6) is -4.98. The molecule has 1 unspecified atom stereocenters. The van der Waals surface area contributed by atoms with Gasteiger partial charge in [-0.25, -0.2) is 8.78 Å². The summed E-state index contributed by atoms with van der Waals surface area (Å²) in [5.41, 5.74) is -1.13. The van der Waals surface area contributed by atoms with E-state index in [0.29, 0.717) is 23.8 Å². The van der Waals surface area contributed by atoms with E-state index < -0.39 is 63.2 Å². The number of aromatic nitrogens is 2. The van der Waals surface area contributed by atoms with Gasteiger partial charge in [0.2, 0.25) is 5.91 Å². The van der Waals surface area contributed by atoms with E-state index in [2.05, 4.69) is 10.4 Å². The molecule has 0 saturated heterocycles. The molecule has 0 radical (unpaired) electrons. The molecule has 2 aliphatic rings. The molecule has 1 aromatic heterocycles. The number of carbonyl (C=O) groups excluding carboxylic acids is 3. The highest BCUT2D eigenvalue weighted by Gasteiger charge is 2.49. The number of halogens is 6. The molecule has 1 atom stereocenters. The highest BCUT2D eigenvalue weighted by atomic mass is 35.5. The van der Waals surface area contributed by atoms with E-state index in [1.54, 1.807) is 0 Å². The number of primary amides is 1. The SMILES string of the molecule is Cn1nc2c3c(c(-c4c(F)cc(C(F)(F)F)cc4C(N)=O)cc2c1C1=CC(=O)CC1)C(O)(c1cc(F)ccc1Cl)NC3=O. The fourth-order valence-electron chi connectivity index (χ4n) is 5.79. The monoisotopic (exact) mass is 616 g/mol. The first-order valence-corrected chi connectivity index (χ1v) is 13.0. The van der Waals surface area contributed by atoms with E-state index in [4.69, 9.17) is 17.3 Å². The number of allylic oxidation sites excluding steroid dienone is 2. The average molecular weight is 617 g/mol. The quantitative estimate of drug-likeness (QED) is 0.279. The molecule has 14 heteroatoms. The van der Waals surface area contributed by atoms with Crippen molar-refractivity contribution >= 4 is 45.7 Å². The zero-order valence-electron chi connectivity index (χ0n) is 21.9. The average Bonchev–Trinajstić information content (AvgIpc) is 3.56. The Balaban J connectivity index is 1.80. The molecular formula is C29H18ClF5N4O4. The number of aryl methyl sites for hydroxylation is 1. The minimum atomic E-state index is -5.05. The number of nitrogens with two attached hydrogens (primary N) is 1. The van der Waals surface area contributed by atoms with E-state index >= 15 is 4.39 Å². The van der Waals surface area contributed by atoms with Gasteiger partial charge in [0, 0.05) is 40.6 Å². The first kappa shape index (κ1) is 28.5. The standard InChI is InChI=1S/C29H18ClF5N4O4/c1-39-25(11-2-4-14(40)6-11)17-10-15(21-16(26(36)41)7-12(8-20(21)32)29(33,34)35)23-22(24(17)38-39)27(42)37-28(23,43)18-9-13(31)3-5-19(18)30/h3,5-10,43H,2,4H2,1H3,(H2,36,41)(H,37,42). The number of nitrogens with one attached hydrogen (secondary N) is 1. The zero-order valence-corrected chi connectivity index (χ0v) is 22.6. The number of benzene rings is 3. The number of hydrogen-bond donors (Lipinski definition) is 3. The molecule has 4 N–H and O–H groups in total. The van der Waals surface area contributed by atoms with Crippen molar-refractivity contribution < 1.29 is 41.4 Å². The predicted octanol–water partition coefficient (Wildman–Crippen LogP) is 4.97. The van der Waals surface area contributed by atoms with Gasteiger partial charge in [0.15, 0.2) is 11.5 Å². The van der Waals surface area contributed by atoms with Crippen LogP contribution in [0.15, 0.2) is 42.5 Å². The Bertz CT molecular complexity index is 1980. The molecule has 1 aliphatic carbocycles. The molecule has 0 bridgehead atoms. The molecule has 0 saturated carbocycles. The van der Waals surface area contributed by atoms with Crippen molar-refractivity contribution in [2.75, 3.05) is 0 Å². The van der Waals surface area contributed by atoms with Crippen LogP contribution in [-0.2, 0) is 23.7 Å². The van der Waals surface area contributed by atoms with Crippen LogP contribution in [0.2, 0.25) is 5.02 Å². The maximum absolute atomic E-state index is 15.9. The molecule has 3 aromatic carbocycles. The van der Waals surface area contributed by atoms with Gasteiger partial charge >= 0.3 is 6.18 Å². The van der Waals surface area contributed by atoms with E-state index in [1.807, 2.05) is 0 Å². The van der Waals surface area contributed by atoms with Crippen LogP contribution in [0.1, 0.15) is 55.9 Å². The van der Waals surface area contributed by atoms with Crippen molar-refractivity contribution in [1.29, 1.82) is 0 Å². The molecule has 43 heavy (non-hydrogen) atoms. The highest BCUT2D eigenvalue weighted by molar-refractivity contribution is 6.31. The fraction of sp³-hybridized carbons (Fsp3) is 0.172. The van der Waals surface area contributed by atoms with Gasteiger partial charge in [0.25, 0.3) is 5.91 Å². The first-order chi connectivity index (χ1) is 20.1. The number of nitrogens with zero attached hydrogens (tertiary/aromatic N) is 2. The summed E-state index contributed by atoms with van der Waals surface area (Å²) < 4.78 is 72.4. The molecule has 0 spiro atoms. The third kappa shape index (κ3) is 4.29. The van der Waals surface area contributed by atoms with Gasteiger partial charge in [-0.1, -0.05) is 11.6 Å².